The number of benzene rings is 1. The number of nitrogens with zero attached hydrogens (tertiary/aromatic N) is 1. The zero-order chi connectivity index (χ0) is 7.23. The molecule has 1 rings (SSSR count). The number of hydrogen-bond donors (Lipinski definition) is 1. The van der Waals surface area contributed by atoms with Gasteiger partial charge in [-0.25, -0.2) is 0 Å². The van der Waals surface area contributed by atoms with Crippen LogP contribution in [0.4, 0.5) is 5.69 Å². The predicted octanol–water partition coefficient (Wildman–Crippen LogP) is 1.62. The van der Waals surface area contributed by atoms with Crippen LogP contribution in [0.1, 0.15) is 0 Å². The van der Waals surface area contributed by atoms with E-state index in [-0.39, 0.29) is 0 Å². The second-order valence-corrected chi connectivity index (χ2v) is 1.88. The lowest BCUT2D eigenvalue weighted by Crippen LogP contribution is -1.96. The third-order valence-electron chi connectivity index (χ3n) is 1.15. The molecule has 0 aliphatic carbocycles. The number of rotatable bonds is 2. The summed E-state index contributed by atoms with van der Waals surface area (Å²) in [5.41, 5.74) is 0.990. The molecule has 0 amide bonds. The van der Waals surface area contributed by atoms with Gasteiger partial charge in [-0.2, -0.15) is 5.26 Å². The molecule has 2 nitrogen and oxygen atoms in total. The lowest BCUT2D eigenvalue weighted by atomic mass is 10.3. The highest BCUT2D eigenvalue weighted by Gasteiger charge is 1.84. The van der Waals surface area contributed by atoms with Gasteiger partial charge in [-0.3, -0.25) is 0 Å². The molecular formula is C8H8N2. The number of nitriles is 1. The molecule has 0 saturated heterocycles. The summed E-state index contributed by atoms with van der Waals surface area (Å²) in [5.74, 6) is 0. The molecule has 1 N–H and O–H groups in total. The lowest BCUT2D eigenvalue weighted by Gasteiger charge is -1.97. The Bertz CT molecular complexity index is 223. The van der Waals surface area contributed by atoms with Crippen molar-refractivity contribution >= 4 is 5.69 Å². The van der Waals surface area contributed by atoms with E-state index in [9.17, 15) is 0 Å². The van der Waals surface area contributed by atoms with E-state index in [4.69, 9.17) is 5.26 Å². The molecule has 0 saturated carbocycles. The van der Waals surface area contributed by atoms with Gasteiger partial charge in [-0.1, -0.05) is 18.2 Å². The van der Waals surface area contributed by atoms with Crippen LogP contribution in [0, 0.1) is 11.3 Å². The first kappa shape index (κ1) is 6.63. The van der Waals surface area contributed by atoms with Gasteiger partial charge in [0.15, 0.2) is 0 Å². The van der Waals surface area contributed by atoms with Gasteiger partial charge in [0.2, 0.25) is 0 Å². The number of para-hydroxylation sites is 1. The van der Waals surface area contributed by atoms with Crippen LogP contribution < -0.4 is 5.32 Å². The smallest absolute Gasteiger partial charge is 0.103 e. The predicted molar refractivity (Wildman–Crippen MR) is 40.5 cm³/mol. The van der Waals surface area contributed by atoms with Crippen molar-refractivity contribution in [3.05, 3.63) is 30.3 Å². The van der Waals surface area contributed by atoms with Crippen molar-refractivity contribution in [3.8, 4) is 6.07 Å². The Morgan fingerprint density at radius 1 is 1.30 bits per heavy atom. The van der Waals surface area contributed by atoms with Gasteiger partial charge in [0, 0.05) is 5.69 Å². The summed E-state index contributed by atoms with van der Waals surface area (Å²) in [4.78, 5) is 0. The van der Waals surface area contributed by atoms with Crippen LogP contribution in [-0.2, 0) is 0 Å². The maximum absolute atomic E-state index is 8.22. The maximum atomic E-state index is 8.22. The fraction of sp³-hybridized carbons (Fsp3) is 0.125. The first-order valence-corrected chi connectivity index (χ1v) is 3.09. The number of nitrogens with one attached hydrogen (secondary N) is 1. The minimum atomic E-state index is 0.365. The number of hydrogen-bond acceptors (Lipinski definition) is 2. The van der Waals surface area contributed by atoms with Crippen molar-refractivity contribution in [1.29, 1.82) is 5.26 Å². The zero-order valence-electron chi connectivity index (χ0n) is 5.54. The molecule has 0 spiro atoms. The summed E-state index contributed by atoms with van der Waals surface area (Å²) >= 11 is 0. The average Bonchev–Trinajstić information content (AvgIpc) is 2.03. The van der Waals surface area contributed by atoms with E-state index in [0.29, 0.717) is 6.54 Å². The van der Waals surface area contributed by atoms with Crippen LogP contribution in [0.25, 0.3) is 0 Å². The molecule has 1 aromatic rings. The maximum Gasteiger partial charge on any atom is 0.103 e. The van der Waals surface area contributed by atoms with Crippen molar-refractivity contribution in [2.24, 2.45) is 0 Å². The molecule has 1 aromatic carbocycles. The molecule has 0 aliphatic rings. The highest BCUT2D eigenvalue weighted by molar-refractivity contribution is 5.42. The van der Waals surface area contributed by atoms with Gasteiger partial charge in [0.1, 0.15) is 6.54 Å². The second-order valence-electron chi connectivity index (χ2n) is 1.88. The van der Waals surface area contributed by atoms with Crippen molar-refractivity contribution in [2.45, 2.75) is 0 Å². The fourth-order valence-electron chi connectivity index (χ4n) is 0.698. The SMILES string of the molecule is N#CCNc1ccccc1. The van der Waals surface area contributed by atoms with Gasteiger partial charge >= 0.3 is 0 Å². The van der Waals surface area contributed by atoms with E-state index in [0.717, 1.165) is 5.69 Å². The minimum Gasteiger partial charge on any atom is -0.372 e. The standard InChI is InChI=1S/C8H8N2/c9-6-7-10-8-4-2-1-3-5-8/h1-5,10H,7H2. The van der Waals surface area contributed by atoms with E-state index < -0.39 is 0 Å². The lowest BCUT2D eigenvalue weighted by molar-refractivity contribution is 1.32. The first-order valence-electron chi connectivity index (χ1n) is 3.09. The quantitative estimate of drug-likeness (QED) is 0.620. The topological polar surface area (TPSA) is 35.8 Å². The van der Waals surface area contributed by atoms with E-state index >= 15 is 0 Å². The molecule has 0 radical (unpaired) electrons. The highest BCUT2D eigenvalue weighted by atomic mass is 14.9. The summed E-state index contributed by atoms with van der Waals surface area (Å²) in [5, 5.41) is 11.1. The van der Waals surface area contributed by atoms with E-state index in [1.165, 1.54) is 0 Å². The van der Waals surface area contributed by atoms with Crippen LogP contribution in [0.15, 0.2) is 30.3 Å². The summed E-state index contributed by atoms with van der Waals surface area (Å²) in [6.45, 7) is 0.365. The largest absolute Gasteiger partial charge is 0.372 e. The van der Waals surface area contributed by atoms with Crippen molar-refractivity contribution in [2.75, 3.05) is 11.9 Å². The Balaban J connectivity index is 2.52. The van der Waals surface area contributed by atoms with Crippen LogP contribution >= 0.6 is 0 Å². The molecule has 50 valence electrons. The summed E-state index contributed by atoms with van der Waals surface area (Å²) < 4.78 is 0. The zero-order valence-corrected chi connectivity index (χ0v) is 5.54. The number of anilines is 1. The minimum absolute atomic E-state index is 0.365. The third-order valence-corrected chi connectivity index (χ3v) is 1.15. The van der Waals surface area contributed by atoms with Gasteiger partial charge in [-0.15, -0.1) is 0 Å². The normalized spacial score (nSPS) is 8.30. The van der Waals surface area contributed by atoms with Gasteiger partial charge in [-0.05, 0) is 12.1 Å². The van der Waals surface area contributed by atoms with Crippen LogP contribution in [0.5, 0.6) is 0 Å². The third kappa shape index (κ3) is 1.79. The molecule has 0 aliphatic heterocycles. The Labute approximate surface area is 60.1 Å². The molecule has 0 bridgehead atoms. The van der Waals surface area contributed by atoms with Crippen molar-refractivity contribution in [1.82, 2.24) is 0 Å². The highest BCUT2D eigenvalue weighted by Crippen LogP contribution is 2.02. The second kappa shape index (κ2) is 3.52. The molecule has 2 heteroatoms. The molecule has 0 unspecified atom stereocenters. The van der Waals surface area contributed by atoms with Gasteiger partial charge in [0.05, 0.1) is 6.07 Å². The van der Waals surface area contributed by atoms with Crippen molar-refractivity contribution in [3.63, 3.8) is 0 Å². The average molecular weight is 132 g/mol. The summed E-state index contributed by atoms with van der Waals surface area (Å²) in [6.07, 6.45) is 0. The summed E-state index contributed by atoms with van der Waals surface area (Å²) in [7, 11) is 0. The fourth-order valence-corrected chi connectivity index (χ4v) is 0.698. The summed E-state index contributed by atoms with van der Waals surface area (Å²) in [6, 6.07) is 11.7. The van der Waals surface area contributed by atoms with Gasteiger partial charge in [0.25, 0.3) is 0 Å². The van der Waals surface area contributed by atoms with Crippen LogP contribution in [0.3, 0.4) is 0 Å². The van der Waals surface area contributed by atoms with E-state index in [1.807, 2.05) is 36.4 Å². The molecule has 10 heavy (non-hydrogen) atoms. The van der Waals surface area contributed by atoms with E-state index in [1.54, 1.807) is 0 Å². The first-order chi connectivity index (χ1) is 4.93. The van der Waals surface area contributed by atoms with Crippen molar-refractivity contribution < 1.29 is 0 Å². The van der Waals surface area contributed by atoms with Crippen LogP contribution in [-0.4, -0.2) is 6.54 Å². The van der Waals surface area contributed by atoms with E-state index in [2.05, 4.69) is 5.32 Å². The molecule has 0 fully saturated rings. The molecule has 0 atom stereocenters. The van der Waals surface area contributed by atoms with Crippen LogP contribution in [0.2, 0.25) is 0 Å². The molecule has 0 heterocycles. The monoisotopic (exact) mass is 132 g/mol. The molecular weight excluding hydrogens is 124 g/mol. The Morgan fingerprint density at radius 3 is 2.60 bits per heavy atom. The Hall–Kier alpha value is -1.49. The molecule has 0 aromatic heterocycles. The van der Waals surface area contributed by atoms with Gasteiger partial charge < -0.3 is 5.32 Å². The Morgan fingerprint density at radius 2 is 2.00 bits per heavy atom. The Kier molecular flexibility index (Phi) is 2.33.